The van der Waals surface area contributed by atoms with E-state index in [1.807, 2.05) is 0 Å². The van der Waals surface area contributed by atoms with E-state index in [2.05, 4.69) is 62.3 Å². The van der Waals surface area contributed by atoms with Gasteiger partial charge in [-0.05, 0) is 51.3 Å². The number of aryl methyl sites for hydroxylation is 1. The minimum absolute atomic E-state index is 0.434. The Morgan fingerprint density at radius 1 is 1.14 bits per heavy atom. The van der Waals surface area contributed by atoms with Gasteiger partial charge in [-0.3, -0.25) is 4.90 Å². The predicted octanol–water partition coefficient (Wildman–Crippen LogP) is 4.16. The summed E-state index contributed by atoms with van der Waals surface area (Å²) >= 11 is 0. The van der Waals surface area contributed by atoms with Crippen molar-refractivity contribution in [1.82, 2.24) is 10.2 Å². The van der Waals surface area contributed by atoms with Gasteiger partial charge < -0.3 is 5.32 Å². The number of rotatable bonds is 6. The van der Waals surface area contributed by atoms with E-state index in [1.165, 1.54) is 43.2 Å². The van der Waals surface area contributed by atoms with Crippen molar-refractivity contribution >= 4 is 0 Å². The van der Waals surface area contributed by atoms with Crippen molar-refractivity contribution < 1.29 is 0 Å². The van der Waals surface area contributed by atoms with Crippen LogP contribution >= 0.6 is 0 Å². The standard InChI is InChI=1S/C19H32N2/c1-5-7-17-10-12-18(13-11-17)19(20-4)14-21-15(2)8-6-9-16(21)3/h10-13,15-16,19-20H,5-9,14H2,1-4H3. The highest BCUT2D eigenvalue weighted by Gasteiger charge is 2.26. The van der Waals surface area contributed by atoms with Gasteiger partial charge in [0.25, 0.3) is 0 Å². The van der Waals surface area contributed by atoms with Crippen LogP contribution in [0.25, 0.3) is 0 Å². The van der Waals surface area contributed by atoms with Crippen molar-refractivity contribution in [1.29, 1.82) is 0 Å². The minimum atomic E-state index is 0.434. The third-order valence-electron chi connectivity index (χ3n) is 5.04. The molecule has 1 heterocycles. The Hall–Kier alpha value is -0.860. The monoisotopic (exact) mass is 288 g/mol. The number of piperidine rings is 1. The summed E-state index contributed by atoms with van der Waals surface area (Å²) < 4.78 is 0. The molecule has 0 aliphatic carbocycles. The number of likely N-dealkylation sites (N-methyl/N-ethyl adjacent to an activating group) is 1. The third kappa shape index (κ3) is 4.31. The zero-order valence-electron chi connectivity index (χ0n) is 14.2. The van der Waals surface area contributed by atoms with Crippen LogP contribution in [0.3, 0.4) is 0 Å². The zero-order valence-corrected chi connectivity index (χ0v) is 14.2. The molecule has 1 aliphatic rings. The van der Waals surface area contributed by atoms with Gasteiger partial charge in [0.05, 0.1) is 0 Å². The summed E-state index contributed by atoms with van der Waals surface area (Å²) in [6, 6.07) is 11.1. The lowest BCUT2D eigenvalue weighted by atomic mass is 9.95. The topological polar surface area (TPSA) is 15.3 Å². The van der Waals surface area contributed by atoms with Crippen molar-refractivity contribution in [3.8, 4) is 0 Å². The molecule has 0 radical (unpaired) electrons. The Bertz CT molecular complexity index is 402. The molecule has 1 fully saturated rings. The molecule has 3 atom stereocenters. The lowest BCUT2D eigenvalue weighted by molar-refractivity contribution is 0.0920. The fraction of sp³-hybridized carbons (Fsp3) is 0.684. The molecule has 0 spiro atoms. The van der Waals surface area contributed by atoms with Crippen LogP contribution in [0.5, 0.6) is 0 Å². The number of hydrogen-bond acceptors (Lipinski definition) is 2. The first-order valence-corrected chi connectivity index (χ1v) is 8.67. The minimum Gasteiger partial charge on any atom is -0.312 e. The molecule has 118 valence electrons. The molecule has 2 nitrogen and oxygen atoms in total. The van der Waals surface area contributed by atoms with Crippen molar-refractivity contribution in [2.45, 2.75) is 71.0 Å². The van der Waals surface area contributed by atoms with E-state index in [4.69, 9.17) is 0 Å². The van der Waals surface area contributed by atoms with E-state index in [-0.39, 0.29) is 0 Å². The quantitative estimate of drug-likeness (QED) is 0.845. The molecular formula is C19H32N2. The maximum atomic E-state index is 3.52. The summed E-state index contributed by atoms with van der Waals surface area (Å²) in [7, 11) is 2.09. The van der Waals surface area contributed by atoms with Crippen LogP contribution in [-0.4, -0.2) is 30.6 Å². The van der Waals surface area contributed by atoms with Crippen LogP contribution in [0.2, 0.25) is 0 Å². The average molecular weight is 288 g/mol. The lowest BCUT2D eigenvalue weighted by Crippen LogP contribution is -2.47. The van der Waals surface area contributed by atoms with E-state index < -0.39 is 0 Å². The Morgan fingerprint density at radius 2 is 1.76 bits per heavy atom. The molecule has 1 aromatic rings. The number of benzene rings is 1. The summed E-state index contributed by atoms with van der Waals surface area (Å²) in [5.41, 5.74) is 2.87. The van der Waals surface area contributed by atoms with Gasteiger partial charge in [0.1, 0.15) is 0 Å². The molecule has 0 aromatic heterocycles. The molecule has 3 unspecified atom stereocenters. The van der Waals surface area contributed by atoms with Gasteiger partial charge in [0.2, 0.25) is 0 Å². The molecule has 2 rings (SSSR count). The van der Waals surface area contributed by atoms with Crippen LogP contribution in [0.15, 0.2) is 24.3 Å². The van der Waals surface area contributed by atoms with E-state index in [0.717, 1.165) is 6.54 Å². The SMILES string of the molecule is CCCc1ccc(C(CN2C(C)CCCC2C)NC)cc1. The normalized spacial score (nSPS) is 25.0. The molecule has 1 saturated heterocycles. The van der Waals surface area contributed by atoms with Gasteiger partial charge in [0, 0.05) is 24.7 Å². The van der Waals surface area contributed by atoms with E-state index in [1.54, 1.807) is 0 Å². The number of nitrogens with zero attached hydrogens (tertiary/aromatic N) is 1. The van der Waals surface area contributed by atoms with Crippen molar-refractivity contribution in [2.75, 3.05) is 13.6 Å². The summed E-state index contributed by atoms with van der Waals surface area (Å²) in [5, 5.41) is 3.52. The molecular weight excluding hydrogens is 256 g/mol. The maximum absolute atomic E-state index is 3.52. The van der Waals surface area contributed by atoms with Gasteiger partial charge >= 0.3 is 0 Å². The second-order valence-electron chi connectivity index (χ2n) is 6.66. The highest BCUT2D eigenvalue weighted by Crippen LogP contribution is 2.25. The second kappa shape index (κ2) is 7.95. The van der Waals surface area contributed by atoms with E-state index >= 15 is 0 Å². The highest BCUT2D eigenvalue weighted by atomic mass is 15.2. The third-order valence-corrected chi connectivity index (χ3v) is 5.04. The Balaban J connectivity index is 2.04. The number of nitrogens with one attached hydrogen (secondary N) is 1. The molecule has 0 amide bonds. The zero-order chi connectivity index (χ0) is 15.2. The van der Waals surface area contributed by atoms with Crippen LogP contribution in [0.4, 0.5) is 0 Å². The van der Waals surface area contributed by atoms with Crippen LogP contribution < -0.4 is 5.32 Å². The van der Waals surface area contributed by atoms with Gasteiger partial charge in [0.15, 0.2) is 0 Å². The smallest absolute Gasteiger partial charge is 0.0447 e. The van der Waals surface area contributed by atoms with Gasteiger partial charge in [-0.15, -0.1) is 0 Å². The number of likely N-dealkylation sites (tertiary alicyclic amines) is 1. The summed E-state index contributed by atoms with van der Waals surface area (Å²) in [5.74, 6) is 0. The first kappa shape index (κ1) is 16.5. The van der Waals surface area contributed by atoms with Gasteiger partial charge in [-0.1, -0.05) is 44.0 Å². The molecule has 1 aliphatic heterocycles. The molecule has 0 saturated carbocycles. The Labute approximate surface area is 130 Å². The maximum Gasteiger partial charge on any atom is 0.0447 e. The lowest BCUT2D eigenvalue weighted by Gasteiger charge is -2.41. The largest absolute Gasteiger partial charge is 0.312 e. The summed E-state index contributed by atoms with van der Waals surface area (Å²) in [6.45, 7) is 8.12. The van der Waals surface area contributed by atoms with Crippen LogP contribution in [0.1, 0.15) is 63.6 Å². The Morgan fingerprint density at radius 3 is 2.29 bits per heavy atom. The number of hydrogen-bond donors (Lipinski definition) is 1. The molecule has 2 heteroatoms. The second-order valence-corrected chi connectivity index (χ2v) is 6.66. The fourth-order valence-electron chi connectivity index (χ4n) is 3.61. The van der Waals surface area contributed by atoms with E-state index in [9.17, 15) is 0 Å². The van der Waals surface area contributed by atoms with Crippen LogP contribution in [-0.2, 0) is 6.42 Å². The molecule has 1 aromatic carbocycles. The van der Waals surface area contributed by atoms with Crippen molar-refractivity contribution in [3.63, 3.8) is 0 Å². The van der Waals surface area contributed by atoms with Crippen molar-refractivity contribution in [2.24, 2.45) is 0 Å². The molecule has 0 bridgehead atoms. The van der Waals surface area contributed by atoms with Crippen molar-refractivity contribution in [3.05, 3.63) is 35.4 Å². The highest BCUT2D eigenvalue weighted by molar-refractivity contribution is 5.25. The summed E-state index contributed by atoms with van der Waals surface area (Å²) in [4.78, 5) is 2.69. The first-order valence-electron chi connectivity index (χ1n) is 8.67. The fourth-order valence-corrected chi connectivity index (χ4v) is 3.61. The van der Waals surface area contributed by atoms with Crippen LogP contribution in [0, 0.1) is 0 Å². The molecule has 21 heavy (non-hydrogen) atoms. The van der Waals surface area contributed by atoms with E-state index in [0.29, 0.717) is 18.1 Å². The predicted molar refractivity (Wildman–Crippen MR) is 91.7 cm³/mol. The van der Waals surface area contributed by atoms with Gasteiger partial charge in [-0.2, -0.15) is 0 Å². The molecule has 1 N–H and O–H groups in total. The Kier molecular flexibility index (Phi) is 6.25. The average Bonchev–Trinajstić information content (AvgIpc) is 2.49. The first-order chi connectivity index (χ1) is 10.2. The summed E-state index contributed by atoms with van der Waals surface area (Å²) in [6.07, 6.45) is 6.48. The van der Waals surface area contributed by atoms with Gasteiger partial charge in [-0.25, -0.2) is 0 Å².